The number of hydrogen-bond donors (Lipinski definition) is 0. The van der Waals surface area contributed by atoms with Gasteiger partial charge in [-0.2, -0.15) is 0 Å². The summed E-state index contributed by atoms with van der Waals surface area (Å²) < 4.78 is 0. The average Bonchev–Trinajstić information content (AvgIpc) is 2.94. The first kappa shape index (κ1) is 18.7. The molecule has 152 valence electrons. The molecule has 0 aliphatic heterocycles. The van der Waals surface area contributed by atoms with Gasteiger partial charge in [0, 0.05) is 6.04 Å². The molecule has 0 aromatic heterocycles. The van der Waals surface area contributed by atoms with Gasteiger partial charge in [-0.15, -0.1) is 0 Å². The van der Waals surface area contributed by atoms with Crippen molar-refractivity contribution in [3.05, 3.63) is 0 Å². The van der Waals surface area contributed by atoms with Gasteiger partial charge in [-0.05, 0) is 117 Å². The van der Waals surface area contributed by atoms with Crippen molar-refractivity contribution in [3.63, 3.8) is 0 Å². The van der Waals surface area contributed by atoms with E-state index >= 15 is 0 Å². The molecule has 0 heterocycles. The van der Waals surface area contributed by atoms with E-state index in [9.17, 15) is 0 Å². The van der Waals surface area contributed by atoms with Crippen LogP contribution in [0.3, 0.4) is 0 Å². The highest BCUT2D eigenvalue weighted by Gasteiger charge is 2.58. The summed E-state index contributed by atoms with van der Waals surface area (Å²) in [6, 6.07) is 0.558. The number of hydrogen-bond acceptors (Lipinski definition) is 1. The molecule has 0 radical (unpaired) electrons. The Balaban J connectivity index is 1.28. The van der Waals surface area contributed by atoms with Crippen LogP contribution in [0.25, 0.3) is 0 Å². The average molecular weight is 370 g/mol. The van der Waals surface area contributed by atoms with Gasteiger partial charge in [0.25, 0.3) is 0 Å². The minimum atomic E-state index is 0.541. The van der Waals surface area contributed by atoms with E-state index in [4.69, 9.17) is 0 Å². The molecular formula is C26H43N. The first-order valence-corrected chi connectivity index (χ1v) is 12.5. The second kappa shape index (κ2) is 7.17. The maximum absolute atomic E-state index is 4.47. The second-order valence-electron chi connectivity index (χ2n) is 12.0. The molecule has 5 aliphatic carbocycles. The molecule has 5 fully saturated rings. The van der Waals surface area contributed by atoms with Crippen LogP contribution in [0.5, 0.6) is 0 Å². The molecule has 0 aromatic rings. The van der Waals surface area contributed by atoms with E-state index in [2.05, 4.69) is 25.6 Å². The highest BCUT2D eigenvalue weighted by Crippen LogP contribution is 2.65. The van der Waals surface area contributed by atoms with E-state index in [0.717, 1.165) is 47.3 Å². The van der Waals surface area contributed by atoms with E-state index < -0.39 is 0 Å². The van der Waals surface area contributed by atoms with Crippen LogP contribution in [0, 0.1) is 52.8 Å². The van der Waals surface area contributed by atoms with Gasteiger partial charge in [0.05, 0.1) is 0 Å². The largest absolute Gasteiger partial charge is 0.298 e. The SMILES string of the molecule is C=NC1CCC2C3CCC(C4CCC5CCCCC5C4)CC3C(C)(C)C2C1. The fourth-order valence-electron chi connectivity index (χ4n) is 9.34. The van der Waals surface area contributed by atoms with E-state index in [1.165, 1.54) is 32.1 Å². The molecular weight excluding hydrogens is 326 g/mol. The van der Waals surface area contributed by atoms with Gasteiger partial charge in [-0.25, -0.2) is 0 Å². The van der Waals surface area contributed by atoms with Crippen LogP contribution in [0.15, 0.2) is 4.99 Å². The van der Waals surface area contributed by atoms with E-state index in [1.807, 2.05) is 0 Å². The predicted molar refractivity (Wildman–Crippen MR) is 115 cm³/mol. The number of aliphatic imine (C=N–C) groups is 1. The van der Waals surface area contributed by atoms with E-state index in [-0.39, 0.29) is 0 Å². The molecule has 1 nitrogen and oxygen atoms in total. The predicted octanol–water partition coefficient (Wildman–Crippen LogP) is 7.15. The van der Waals surface area contributed by atoms with Gasteiger partial charge in [0.1, 0.15) is 0 Å². The molecule has 0 saturated heterocycles. The fraction of sp³-hybridized carbons (Fsp3) is 0.962. The summed E-state index contributed by atoms with van der Waals surface area (Å²) in [5, 5.41) is 0. The number of fused-ring (bicyclic) bond motifs is 4. The normalized spacial score (nSPS) is 51.7. The molecule has 9 unspecified atom stereocenters. The fourth-order valence-corrected chi connectivity index (χ4v) is 9.34. The van der Waals surface area contributed by atoms with Crippen LogP contribution in [-0.2, 0) is 0 Å². The number of rotatable bonds is 2. The Hall–Kier alpha value is -0.330. The lowest BCUT2D eigenvalue weighted by Crippen LogP contribution is -2.37. The third-order valence-corrected chi connectivity index (χ3v) is 10.8. The Kier molecular flexibility index (Phi) is 4.96. The van der Waals surface area contributed by atoms with Crippen LogP contribution in [0.2, 0.25) is 0 Å². The van der Waals surface area contributed by atoms with Gasteiger partial charge in [-0.3, -0.25) is 4.99 Å². The van der Waals surface area contributed by atoms with Crippen molar-refractivity contribution in [2.24, 2.45) is 57.8 Å². The van der Waals surface area contributed by atoms with Crippen molar-refractivity contribution in [1.82, 2.24) is 0 Å². The molecule has 0 aromatic carbocycles. The maximum Gasteiger partial charge on any atom is 0.0495 e. The zero-order chi connectivity index (χ0) is 18.6. The summed E-state index contributed by atoms with van der Waals surface area (Å²) in [6.07, 6.45) is 19.7. The third-order valence-electron chi connectivity index (χ3n) is 10.8. The molecule has 9 atom stereocenters. The van der Waals surface area contributed by atoms with Crippen molar-refractivity contribution in [1.29, 1.82) is 0 Å². The summed E-state index contributed by atoms with van der Waals surface area (Å²) >= 11 is 0. The lowest BCUT2D eigenvalue weighted by Gasteiger charge is -2.46. The quantitative estimate of drug-likeness (QED) is 0.458. The van der Waals surface area contributed by atoms with Crippen molar-refractivity contribution >= 4 is 6.72 Å². The first-order chi connectivity index (χ1) is 13.1. The second-order valence-corrected chi connectivity index (χ2v) is 12.0. The van der Waals surface area contributed by atoms with Crippen molar-refractivity contribution in [2.45, 2.75) is 103 Å². The van der Waals surface area contributed by atoms with Gasteiger partial charge in [0.15, 0.2) is 0 Å². The first-order valence-electron chi connectivity index (χ1n) is 12.5. The molecule has 0 amide bonds. The molecule has 0 bridgehead atoms. The monoisotopic (exact) mass is 369 g/mol. The summed E-state index contributed by atoms with van der Waals surface area (Å²) in [4.78, 5) is 4.47. The van der Waals surface area contributed by atoms with Crippen molar-refractivity contribution < 1.29 is 0 Å². The van der Waals surface area contributed by atoms with Crippen molar-refractivity contribution in [2.75, 3.05) is 0 Å². The molecule has 1 heteroatoms. The lowest BCUT2D eigenvalue weighted by molar-refractivity contribution is 0.0385. The zero-order valence-corrected chi connectivity index (χ0v) is 18.0. The number of nitrogens with zero attached hydrogens (tertiary/aromatic N) is 1. The van der Waals surface area contributed by atoms with Crippen LogP contribution >= 0.6 is 0 Å². The highest BCUT2D eigenvalue weighted by atomic mass is 14.8. The molecule has 5 aliphatic rings. The van der Waals surface area contributed by atoms with Crippen LogP contribution in [-0.4, -0.2) is 12.8 Å². The van der Waals surface area contributed by atoms with E-state index in [1.54, 1.807) is 51.4 Å². The molecule has 0 N–H and O–H groups in total. The summed E-state index contributed by atoms with van der Waals surface area (Å²) in [5.74, 6) is 8.32. The standard InChI is InChI=1S/C26H43N/c1-26(2)24-15-20(19-9-8-17-6-4-5-7-18(17)14-19)10-12-22(24)23-13-11-21(27-3)16-25(23)26/h17-25H,3-16H2,1-2H3. The van der Waals surface area contributed by atoms with Gasteiger partial charge >= 0.3 is 0 Å². The molecule has 0 spiro atoms. The van der Waals surface area contributed by atoms with Gasteiger partial charge in [0.2, 0.25) is 0 Å². The summed E-state index contributed by atoms with van der Waals surface area (Å²) in [5.41, 5.74) is 0.541. The topological polar surface area (TPSA) is 12.4 Å². The molecule has 27 heavy (non-hydrogen) atoms. The Morgan fingerprint density at radius 1 is 0.630 bits per heavy atom. The zero-order valence-electron chi connectivity index (χ0n) is 18.0. The summed E-state index contributed by atoms with van der Waals surface area (Å²) in [6.45, 7) is 9.17. The highest BCUT2D eigenvalue weighted by molar-refractivity contribution is 5.24. The third kappa shape index (κ3) is 3.14. The maximum atomic E-state index is 4.47. The van der Waals surface area contributed by atoms with Crippen LogP contribution < -0.4 is 0 Å². The van der Waals surface area contributed by atoms with Crippen LogP contribution in [0.4, 0.5) is 0 Å². The Morgan fingerprint density at radius 3 is 1.96 bits per heavy atom. The van der Waals surface area contributed by atoms with Crippen molar-refractivity contribution in [3.8, 4) is 0 Å². The van der Waals surface area contributed by atoms with Gasteiger partial charge in [-0.1, -0.05) is 39.5 Å². The molecule has 5 rings (SSSR count). The molecule has 5 saturated carbocycles. The summed E-state index contributed by atoms with van der Waals surface area (Å²) in [7, 11) is 0. The van der Waals surface area contributed by atoms with Crippen LogP contribution in [0.1, 0.15) is 97.3 Å². The van der Waals surface area contributed by atoms with E-state index in [0.29, 0.717) is 11.5 Å². The van der Waals surface area contributed by atoms with Gasteiger partial charge < -0.3 is 0 Å². The lowest BCUT2D eigenvalue weighted by atomic mass is 9.59. The Morgan fingerprint density at radius 2 is 1.19 bits per heavy atom. The minimum Gasteiger partial charge on any atom is -0.298 e. The Bertz CT molecular complexity index is 550. The smallest absolute Gasteiger partial charge is 0.0495 e. The Labute approximate surface area is 168 Å². The minimum absolute atomic E-state index is 0.541.